The minimum absolute atomic E-state index is 0. The van der Waals surface area contributed by atoms with Crippen molar-refractivity contribution >= 4 is 47.8 Å². The summed E-state index contributed by atoms with van der Waals surface area (Å²) in [5.41, 5.74) is 0. The molecule has 0 aromatic heterocycles. The third-order valence-corrected chi connectivity index (χ3v) is 5.38. The molecule has 0 aromatic carbocycles. The first-order valence-corrected chi connectivity index (χ1v) is 14.3. The first kappa shape index (κ1) is 52.0. The summed E-state index contributed by atoms with van der Waals surface area (Å²) in [5.74, 6) is -5.92. The van der Waals surface area contributed by atoms with E-state index in [0.29, 0.717) is 0 Å². The molecule has 2 aliphatic rings. The van der Waals surface area contributed by atoms with Gasteiger partial charge in [-0.2, -0.15) is 0 Å². The number of hydrogen-bond acceptors (Lipinski definition) is 22. The van der Waals surface area contributed by atoms with Gasteiger partial charge in [0.2, 0.25) is 12.4 Å². The van der Waals surface area contributed by atoms with E-state index in [4.69, 9.17) is 63.9 Å². The van der Waals surface area contributed by atoms with Gasteiger partial charge in [0.05, 0.1) is 6.61 Å². The molecule has 0 spiro atoms. The summed E-state index contributed by atoms with van der Waals surface area (Å²) in [5, 5.41) is 53.5. The Bertz CT molecular complexity index is 1140. The maximum atomic E-state index is 11.5. The first-order chi connectivity index (χ1) is 22.9. The van der Waals surface area contributed by atoms with Gasteiger partial charge in [0, 0.05) is 54.4 Å². The number of carboxylic acid groups (broad SMARTS) is 1. The fraction of sp³-hybridized carbons (Fsp3) is 0.714. The number of carbonyl (C=O) groups excluding carboxylic acids is 8. The molecule has 23 heteroatoms. The first-order valence-electron chi connectivity index (χ1n) is 14.3. The quantitative estimate of drug-likeness (QED) is 0.0697. The minimum Gasteiger partial charge on any atom is -0.550 e. The Morgan fingerprint density at radius 2 is 0.961 bits per heavy atom. The number of aliphatic carboxylic acids is 1. The molecule has 5 N–H and O–H groups in total. The molecule has 2 rings (SSSR count). The van der Waals surface area contributed by atoms with Gasteiger partial charge in [0.1, 0.15) is 37.1 Å². The van der Waals surface area contributed by atoms with Crippen molar-refractivity contribution in [2.75, 3.05) is 13.2 Å². The Morgan fingerprint density at radius 3 is 1.31 bits per heavy atom. The van der Waals surface area contributed by atoms with Gasteiger partial charge in [0.25, 0.3) is 0 Å². The summed E-state index contributed by atoms with van der Waals surface area (Å²) < 4.78 is 39.3. The van der Waals surface area contributed by atoms with Gasteiger partial charge in [-0.15, -0.1) is 0 Å². The summed E-state index contributed by atoms with van der Waals surface area (Å²) in [6.07, 6.45) is -13.7. The molecule has 51 heavy (non-hydrogen) atoms. The van der Waals surface area contributed by atoms with Gasteiger partial charge in [0.15, 0.2) is 18.5 Å². The molecule has 0 aliphatic carbocycles. The van der Waals surface area contributed by atoms with Gasteiger partial charge in [-0.25, -0.2) is 0 Å². The molecule has 2 aliphatic heterocycles. The Hall–Kier alpha value is -3.32. The Labute approximate surface area is 313 Å². The topological polar surface area (TPSA) is 335 Å². The SMILES string of the molecule is CC(=O)OC(C)=O.CC(=O)OCC1OC(OC(C)=O)C(OC(C)=O)C(OC(C)=O)C1OC(C)=O.CC(=O)[O-].OCC1OC(O)C(O)C(O)C1O.[Na+]. The van der Waals surface area contributed by atoms with Crippen LogP contribution in [-0.4, -0.2) is 148 Å². The molecule has 0 aromatic rings. The minimum atomic E-state index is -1.57. The molecule has 2 saturated heterocycles. The van der Waals surface area contributed by atoms with E-state index in [1.165, 1.54) is 13.8 Å². The number of rotatable bonds is 7. The van der Waals surface area contributed by atoms with E-state index in [9.17, 15) is 33.6 Å². The van der Waals surface area contributed by atoms with Gasteiger partial charge in [-0.05, 0) is 6.92 Å². The van der Waals surface area contributed by atoms with E-state index in [0.717, 1.165) is 41.5 Å². The Balaban J connectivity index is -0.000000784. The second-order valence-electron chi connectivity index (χ2n) is 9.97. The van der Waals surface area contributed by atoms with Crippen LogP contribution in [0.2, 0.25) is 0 Å². The summed E-state index contributed by atoms with van der Waals surface area (Å²) in [6.45, 7) is 7.94. The summed E-state index contributed by atoms with van der Waals surface area (Å²) in [4.78, 5) is 85.5. The Morgan fingerprint density at radius 1 is 0.549 bits per heavy atom. The summed E-state index contributed by atoms with van der Waals surface area (Å²) in [7, 11) is 0. The van der Waals surface area contributed by atoms with Crippen LogP contribution in [0.25, 0.3) is 0 Å². The molecular weight excluding hydrogens is 711 g/mol. The molecule has 10 atom stereocenters. The summed E-state index contributed by atoms with van der Waals surface area (Å²) in [6, 6.07) is 0. The van der Waals surface area contributed by atoms with Crippen LogP contribution in [0.1, 0.15) is 55.4 Å². The zero-order valence-electron chi connectivity index (χ0n) is 29.4. The Kier molecular flexibility index (Phi) is 27.0. The van der Waals surface area contributed by atoms with Crippen LogP contribution >= 0.6 is 0 Å². The third kappa shape index (κ3) is 23.0. The normalized spacial score (nSPS) is 27.5. The molecule has 2 heterocycles. The van der Waals surface area contributed by atoms with E-state index in [2.05, 4.69) is 9.47 Å². The van der Waals surface area contributed by atoms with Crippen LogP contribution in [-0.2, 0) is 76.3 Å². The monoisotopic (exact) mass is 754 g/mol. The maximum Gasteiger partial charge on any atom is 1.00 e. The standard InChI is InChI=1S/C16H22O11.C6H12O6.C4H6O3.C2H4O2.Na/c1-7(17)22-6-12-13(23-8(2)18)14(24-9(3)19)15(25-10(4)20)16(27-12)26-11(5)21;7-1-2-3(8)4(9)5(10)6(11)12-2;1-3(5)7-4(2)6;1-2(3)4;/h12-16H,6H2,1-5H3;2-11H,1H2;1-2H3;1H3,(H,3,4);/q;;;;+1/p-1. The zero-order valence-corrected chi connectivity index (χ0v) is 31.4. The van der Waals surface area contributed by atoms with Crippen molar-refractivity contribution in [3.8, 4) is 0 Å². The summed E-state index contributed by atoms with van der Waals surface area (Å²) >= 11 is 0. The van der Waals surface area contributed by atoms with Crippen molar-refractivity contribution in [3.63, 3.8) is 0 Å². The number of aliphatic hydroxyl groups is 5. The number of carbonyl (C=O) groups is 8. The van der Waals surface area contributed by atoms with Gasteiger partial charge < -0.3 is 73.3 Å². The largest absolute Gasteiger partial charge is 1.00 e. The second kappa shape index (κ2) is 26.5. The smallest absolute Gasteiger partial charge is 0.550 e. The number of carboxylic acids is 1. The average molecular weight is 755 g/mol. The molecule has 0 radical (unpaired) electrons. The maximum absolute atomic E-state index is 11.5. The van der Waals surface area contributed by atoms with E-state index >= 15 is 0 Å². The number of ether oxygens (including phenoxy) is 8. The van der Waals surface area contributed by atoms with Crippen LogP contribution in [0.5, 0.6) is 0 Å². The molecule has 288 valence electrons. The van der Waals surface area contributed by atoms with E-state index in [1.807, 2.05) is 0 Å². The average Bonchev–Trinajstić information content (AvgIpc) is 2.94. The zero-order chi connectivity index (χ0) is 39.5. The van der Waals surface area contributed by atoms with Crippen molar-refractivity contribution in [2.45, 2.75) is 117 Å². The van der Waals surface area contributed by atoms with E-state index in [-0.39, 0.29) is 29.6 Å². The van der Waals surface area contributed by atoms with Crippen LogP contribution in [0, 0.1) is 0 Å². The number of hydrogen-bond donors (Lipinski definition) is 5. The van der Waals surface area contributed by atoms with Crippen LogP contribution < -0.4 is 34.7 Å². The molecule has 2 fully saturated rings. The molecule has 0 amide bonds. The van der Waals surface area contributed by atoms with Crippen molar-refractivity contribution in [3.05, 3.63) is 0 Å². The molecule has 0 saturated carbocycles. The predicted octanol–water partition coefficient (Wildman–Crippen LogP) is -7.73. The van der Waals surface area contributed by atoms with Crippen LogP contribution in [0.4, 0.5) is 0 Å². The van der Waals surface area contributed by atoms with Gasteiger partial charge in [-0.1, -0.05) is 0 Å². The molecular formula is C28H43NaO22. The molecule has 22 nitrogen and oxygen atoms in total. The second-order valence-corrected chi connectivity index (χ2v) is 9.97. The van der Waals surface area contributed by atoms with Gasteiger partial charge >= 0.3 is 71.3 Å². The third-order valence-electron chi connectivity index (χ3n) is 5.38. The van der Waals surface area contributed by atoms with Crippen LogP contribution in [0.3, 0.4) is 0 Å². The molecule has 0 bridgehead atoms. The van der Waals surface area contributed by atoms with Gasteiger partial charge in [-0.3, -0.25) is 33.6 Å². The fourth-order valence-corrected chi connectivity index (χ4v) is 3.73. The number of aliphatic hydroxyl groups excluding tert-OH is 5. The van der Waals surface area contributed by atoms with Crippen LogP contribution in [0.15, 0.2) is 0 Å². The van der Waals surface area contributed by atoms with E-state index < -0.39 is 122 Å². The number of esters is 7. The fourth-order valence-electron chi connectivity index (χ4n) is 3.73. The van der Waals surface area contributed by atoms with Crippen molar-refractivity contribution in [1.29, 1.82) is 0 Å². The van der Waals surface area contributed by atoms with Crippen molar-refractivity contribution < 1.29 is 136 Å². The predicted molar refractivity (Wildman–Crippen MR) is 153 cm³/mol. The van der Waals surface area contributed by atoms with E-state index in [1.54, 1.807) is 0 Å². The van der Waals surface area contributed by atoms with Crippen molar-refractivity contribution in [2.24, 2.45) is 0 Å². The molecule has 10 unspecified atom stereocenters. The van der Waals surface area contributed by atoms with Crippen molar-refractivity contribution in [1.82, 2.24) is 0 Å².